The lowest BCUT2D eigenvalue weighted by atomic mass is 10.0. The van der Waals surface area contributed by atoms with Gasteiger partial charge in [-0.25, -0.2) is 0 Å². The molecule has 0 aromatic heterocycles. The van der Waals surface area contributed by atoms with Crippen LogP contribution in [0.5, 0.6) is 11.5 Å². The molecule has 3 N–H and O–H groups in total. The standard InChI is InChI=1S/C19H28N2O6/c1-11(2)9-15(18(23)20-14-7-8-27-19(14)24)21-17(22)13-6-5-12(25-3)10-16(13)26-4/h5-6,10-11,14-15,19,24H,7-9H2,1-4H3,(H,20,23)(H,21,22). The van der Waals surface area contributed by atoms with Crippen LogP contribution in [0.15, 0.2) is 18.2 Å². The summed E-state index contributed by atoms with van der Waals surface area (Å²) in [6.45, 7) is 4.32. The zero-order valence-electron chi connectivity index (χ0n) is 16.2. The first-order valence-electron chi connectivity index (χ1n) is 8.98. The van der Waals surface area contributed by atoms with Crippen molar-refractivity contribution in [2.24, 2.45) is 5.92 Å². The molecule has 150 valence electrons. The van der Waals surface area contributed by atoms with E-state index in [1.165, 1.54) is 14.2 Å². The number of hydrogen-bond acceptors (Lipinski definition) is 6. The second-order valence-electron chi connectivity index (χ2n) is 6.89. The van der Waals surface area contributed by atoms with Gasteiger partial charge in [0.25, 0.3) is 5.91 Å². The molecule has 0 aliphatic carbocycles. The normalized spacial score (nSPS) is 20.2. The number of nitrogens with one attached hydrogen (secondary N) is 2. The quantitative estimate of drug-likeness (QED) is 0.623. The van der Waals surface area contributed by atoms with Gasteiger partial charge in [0.15, 0.2) is 6.29 Å². The number of amides is 2. The average molecular weight is 380 g/mol. The molecule has 0 radical (unpaired) electrons. The van der Waals surface area contributed by atoms with Gasteiger partial charge in [-0.1, -0.05) is 13.8 Å². The highest BCUT2D eigenvalue weighted by atomic mass is 16.6. The van der Waals surface area contributed by atoms with Crippen LogP contribution in [-0.2, 0) is 9.53 Å². The van der Waals surface area contributed by atoms with Gasteiger partial charge in [-0.2, -0.15) is 0 Å². The summed E-state index contributed by atoms with van der Waals surface area (Å²) in [7, 11) is 2.99. The maximum Gasteiger partial charge on any atom is 0.255 e. The molecule has 8 heteroatoms. The molecule has 1 fully saturated rings. The molecular formula is C19H28N2O6. The van der Waals surface area contributed by atoms with E-state index in [0.717, 1.165) is 0 Å². The van der Waals surface area contributed by atoms with Crippen molar-refractivity contribution in [3.63, 3.8) is 0 Å². The van der Waals surface area contributed by atoms with Gasteiger partial charge in [0.2, 0.25) is 5.91 Å². The van der Waals surface area contributed by atoms with E-state index in [4.69, 9.17) is 14.2 Å². The van der Waals surface area contributed by atoms with E-state index in [9.17, 15) is 14.7 Å². The van der Waals surface area contributed by atoms with Crippen LogP contribution >= 0.6 is 0 Å². The predicted molar refractivity (Wildman–Crippen MR) is 98.8 cm³/mol. The van der Waals surface area contributed by atoms with Crippen LogP contribution in [0.4, 0.5) is 0 Å². The van der Waals surface area contributed by atoms with Gasteiger partial charge in [0.05, 0.1) is 32.4 Å². The van der Waals surface area contributed by atoms with Gasteiger partial charge >= 0.3 is 0 Å². The summed E-state index contributed by atoms with van der Waals surface area (Å²) in [4.78, 5) is 25.4. The molecule has 1 aliphatic heterocycles. The molecule has 1 aliphatic rings. The van der Waals surface area contributed by atoms with E-state index in [1.54, 1.807) is 18.2 Å². The van der Waals surface area contributed by atoms with Gasteiger partial charge in [-0.15, -0.1) is 0 Å². The van der Waals surface area contributed by atoms with Crippen molar-refractivity contribution < 1.29 is 28.9 Å². The fraction of sp³-hybridized carbons (Fsp3) is 0.579. The molecule has 3 unspecified atom stereocenters. The maximum atomic E-state index is 12.7. The monoisotopic (exact) mass is 380 g/mol. The fourth-order valence-electron chi connectivity index (χ4n) is 2.93. The summed E-state index contributed by atoms with van der Waals surface area (Å²) in [5, 5.41) is 15.3. The van der Waals surface area contributed by atoms with Crippen molar-refractivity contribution in [2.45, 2.75) is 45.1 Å². The molecule has 1 aromatic rings. The van der Waals surface area contributed by atoms with Gasteiger partial charge < -0.3 is 30.0 Å². The zero-order chi connectivity index (χ0) is 20.0. The van der Waals surface area contributed by atoms with Crippen LogP contribution in [0.1, 0.15) is 37.0 Å². The van der Waals surface area contributed by atoms with Crippen molar-refractivity contribution in [2.75, 3.05) is 20.8 Å². The first kappa shape index (κ1) is 21.0. The van der Waals surface area contributed by atoms with E-state index in [-0.39, 0.29) is 11.8 Å². The third-order valence-corrected chi connectivity index (χ3v) is 4.37. The summed E-state index contributed by atoms with van der Waals surface area (Å²) < 4.78 is 15.5. The Balaban J connectivity index is 2.12. The summed E-state index contributed by atoms with van der Waals surface area (Å²) in [5.74, 6) is 0.339. The lowest BCUT2D eigenvalue weighted by Gasteiger charge is -2.23. The molecule has 2 rings (SSSR count). The Morgan fingerprint density at radius 2 is 2.04 bits per heavy atom. The molecule has 3 atom stereocenters. The van der Waals surface area contributed by atoms with Crippen molar-refractivity contribution in [1.29, 1.82) is 0 Å². The first-order chi connectivity index (χ1) is 12.8. The summed E-state index contributed by atoms with van der Waals surface area (Å²) >= 11 is 0. The minimum atomic E-state index is -1.02. The van der Waals surface area contributed by atoms with E-state index in [1.807, 2.05) is 13.8 Å². The Kier molecular flexibility index (Phi) is 7.44. The number of benzene rings is 1. The number of aliphatic hydroxyl groups is 1. The molecule has 0 saturated carbocycles. The van der Waals surface area contributed by atoms with E-state index in [0.29, 0.717) is 36.5 Å². The molecule has 8 nitrogen and oxygen atoms in total. The lowest BCUT2D eigenvalue weighted by Crippen LogP contribution is -2.51. The third kappa shape index (κ3) is 5.58. The van der Waals surface area contributed by atoms with E-state index < -0.39 is 24.3 Å². The summed E-state index contributed by atoms with van der Waals surface area (Å²) in [6.07, 6.45) is -0.0348. The van der Waals surface area contributed by atoms with Gasteiger partial charge in [0, 0.05) is 6.07 Å². The lowest BCUT2D eigenvalue weighted by molar-refractivity contribution is -0.127. The number of ether oxygens (including phenoxy) is 3. The van der Waals surface area contributed by atoms with Crippen molar-refractivity contribution in [1.82, 2.24) is 10.6 Å². The van der Waals surface area contributed by atoms with E-state index >= 15 is 0 Å². The van der Waals surface area contributed by atoms with Gasteiger partial charge in [0.1, 0.15) is 17.5 Å². The van der Waals surface area contributed by atoms with Crippen molar-refractivity contribution >= 4 is 11.8 Å². The topological polar surface area (TPSA) is 106 Å². The molecule has 1 heterocycles. The highest BCUT2D eigenvalue weighted by Gasteiger charge is 2.31. The SMILES string of the molecule is COc1ccc(C(=O)NC(CC(C)C)C(=O)NC2CCOC2O)c(OC)c1. The second kappa shape index (κ2) is 9.57. The highest BCUT2D eigenvalue weighted by Crippen LogP contribution is 2.24. The number of rotatable bonds is 8. The van der Waals surface area contributed by atoms with Crippen LogP contribution in [-0.4, -0.2) is 56.1 Å². The number of carbonyl (C=O) groups is 2. The Labute approximate surface area is 159 Å². The highest BCUT2D eigenvalue weighted by molar-refractivity contribution is 5.99. The van der Waals surface area contributed by atoms with Crippen LogP contribution in [0.25, 0.3) is 0 Å². The molecule has 0 bridgehead atoms. The molecule has 27 heavy (non-hydrogen) atoms. The molecule has 0 spiro atoms. The van der Waals surface area contributed by atoms with Crippen LogP contribution in [0, 0.1) is 5.92 Å². The smallest absolute Gasteiger partial charge is 0.255 e. The first-order valence-corrected chi connectivity index (χ1v) is 8.98. The minimum Gasteiger partial charge on any atom is -0.497 e. The fourth-order valence-corrected chi connectivity index (χ4v) is 2.93. The number of carbonyl (C=O) groups excluding carboxylic acids is 2. The average Bonchev–Trinajstić information content (AvgIpc) is 3.04. The molecular weight excluding hydrogens is 352 g/mol. The third-order valence-electron chi connectivity index (χ3n) is 4.37. The summed E-state index contributed by atoms with van der Waals surface area (Å²) in [6, 6.07) is 3.64. The van der Waals surface area contributed by atoms with Gasteiger partial charge in [-0.3, -0.25) is 9.59 Å². The van der Waals surface area contributed by atoms with Crippen LogP contribution in [0.3, 0.4) is 0 Å². The minimum absolute atomic E-state index is 0.184. The summed E-state index contributed by atoms with van der Waals surface area (Å²) in [5.41, 5.74) is 0.309. The number of methoxy groups -OCH3 is 2. The number of hydrogen-bond donors (Lipinski definition) is 3. The zero-order valence-corrected chi connectivity index (χ0v) is 16.2. The Morgan fingerprint density at radius 1 is 1.30 bits per heavy atom. The Bertz CT molecular complexity index is 664. The maximum absolute atomic E-state index is 12.7. The predicted octanol–water partition coefficient (Wildman–Crippen LogP) is 1.07. The van der Waals surface area contributed by atoms with Gasteiger partial charge in [-0.05, 0) is 30.9 Å². The van der Waals surface area contributed by atoms with Crippen molar-refractivity contribution in [3.05, 3.63) is 23.8 Å². The van der Waals surface area contributed by atoms with Crippen molar-refractivity contribution in [3.8, 4) is 11.5 Å². The largest absolute Gasteiger partial charge is 0.497 e. The van der Waals surface area contributed by atoms with Crippen LogP contribution in [0.2, 0.25) is 0 Å². The van der Waals surface area contributed by atoms with Crippen LogP contribution < -0.4 is 20.1 Å². The second-order valence-corrected chi connectivity index (χ2v) is 6.89. The molecule has 1 aromatic carbocycles. The molecule has 1 saturated heterocycles. The number of aliphatic hydroxyl groups excluding tert-OH is 1. The Hall–Kier alpha value is -2.32. The Morgan fingerprint density at radius 3 is 2.59 bits per heavy atom. The molecule has 2 amide bonds. The van der Waals surface area contributed by atoms with E-state index in [2.05, 4.69) is 10.6 Å².